The van der Waals surface area contributed by atoms with Gasteiger partial charge in [-0.05, 0) is 25.8 Å². The molecule has 5 heteroatoms. The van der Waals surface area contributed by atoms with E-state index in [9.17, 15) is 4.79 Å². The smallest absolute Gasteiger partial charge is 0.237 e. The molecule has 18 heavy (non-hydrogen) atoms. The van der Waals surface area contributed by atoms with Gasteiger partial charge in [-0.2, -0.15) is 5.10 Å². The van der Waals surface area contributed by atoms with Crippen molar-refractivity contribution in [2.45, 2.75) is 51.2 Å². The van der Waals surface area contributed by atoms with E-state index in [0.717, 1.165) is 25.9 Å². The van der Waals surface area contributed by atoms with E-state index in [2.05, 4.69) is 15.7 Å². The predicted octanol–water partition coefficient (Wildman–Crippen LogP) is 0.920. The molecule has 0 aromatic carbocycles. The molecule has 0 bridgehead atoms. The van der Waals surface area contributed by atoms with Crippen LogP contribution in [0.2, 0.25) is 0 Å². The molecule has 1 amide bonds. The van der Waals surface area contributed by atoms with Gasteiger partial charge < -0.3 is 10.6 Å². The molecule has 1 aromatic heterocycles. The van der Waals surface area contributed by atoms with Crippen LogP contribution < -0.4 is 10.6 Å². The Morgan fingerprint density at radius 1 is 1.50 bits per heavy atom. The van der Waals surface area contributed by atoms with Gasteiger partial charge in [-0.25, -0.2) is 0 Å². The number of rotatable bonds is 6. The Morgan fingerprint density at radius 2 is 2.28 bits per heavy atom. The fourth-order valence-corrected chi connectivity index (χ4v) is 2.32. The van der Waals surface area contributed by atoms with Gasteiger partial charge in [0.1, 0.15) is 0 Å². The summed E-state index contributed by atoms with van der Waals surface area (Å²) < 4.78 is 1.86. The van der Waals surface area contributed by atoms with Gasteiger partial charge in [0.05, 0.1) is 12.6 Å². The summed E-state index contributed by atoms with van der Waals surface area (Å²) in [5, 5.41) is 10.4. The highest BCUT2D eigenvalue weighted by molar-refractivity contribution is 5.81. The van der Waals surface area contributed by atoms with Crippen molar-refractivity contribution < 1.29 is 4.79 Å². The van der Waals surface area contributed by atoms with Gasteiger partial charge in [-0.3, -0.25) is 9.48 Å². The third-order valence-corrected chi connectivity index (χ3v) is 3.45. The molecule has 1 aliphatic rings. The number of hydrogen-bond donors (Lipinski definition) is 2. The number of amides is 1. The fraction of sp³-hybridized carbons (Fsp3) is 0.692. The Hall–Kier alpha value is -1.36. The van der Waals surface area contributed by atoms with Gasteiger partial charge in [-0.15, -0.1) is 0 Å². The van der Waals surface area contributed by atoms with Crippen LogP contribution in [0.15, 0.2) is 18.5 Å². The molecule has 1 heterocycles. The van der Waals surface area contributed by atoms with Crippen LogP contribution >= 0.6 is 0 Å². The number of carbonyl (C=O) groups excluding carboxylic acids is 1. The van der Waals surface area contributed by atoms with E-state index < -0.39 is 0 Å². The van der Waals surface area contributed by atoms with Crippen LogP contribution in [-0.4, -0.2) is 34.3 Å². The van der Waals surface area contributed by atoms with Gasteiger partial charge in [0.25, 0.3) is 0 Å². The van der Waals surface area contributed by atoms with Gasteiger partial charge in [-0.1, -0.05) is 12.8 Å². The lowest BCUT2D eigenvalue weighted by Gasteiger charge is -2.17. The lowest BCUT2D eigenvalue weighted by atomic mass is 10.2. The van der Waals surface area contributed by atoms with Crippen molar-refractivity contribution in [2.75, 3.05) is 6.54 Å². The first kappa shape index (κ1) is 13.1. The number of aromatic nitrogens is 2. The van der Waals surface area contributed by atoms with Gasteiger partial charge in [0, 0.05) is 25.0 Å². The van der Waals surface area contributed by atoms with Gasteiger partial charge in [0.2, 0.25) is 5.91 Å². The summed E-state index contributed by atoms with van der Waals surface area (Å²) in [6, 6.07) is 2.16. The second kappa shape index (κ2) is 6.54. The molecule has 100 valence electrons. The van der Waals surface area contributed by atoms with Crippen LogP contribution in [0.5, 0.6) is 0 Å². The van der Waals surface area contributed by atoms with Gasteiger partial charge in [0.15, 0.2) is 0 Å². The Bertz CT molecular complexity index is 357. The van der Waals surface area contributed by atoms with Gasteiger partial charge >= 0.3 is 0 Å². The molecule has 1 fully saturated rings. The monoisotopic (exact) mass is 250 g/mol. The highest BCUT2D eigenvalue weighted by Gasteiger charge is 2.19. The fourth-order valence-electron chi connectivity index (χ4n) is 2.32. The molecular weight excluding hydrogens is 228 g/mol. The summed E-state index contributed by atoms with van der Waals surface area (Å²) in [4.78, 5) is 11.9. The maximum Gasteiger partial charge on any atom is 0.237 e. The van der Waals surface area contributed by atoms with E-state index in [4.69, 9.17) is 0 Å². The van der Waals surface area contributed by atoms with Crippen molar-refractivity contribution in [2.24, 2.45) is 0 Å². The number of nitrogens with zero attached hydrogens (tertiary/aromatic N) is 2. The van der Waals surface area contributed by atoms with Crippen LogP contribution in [-0.2, 0) is 11.3 Å². The summed E-state index contributed by atoms with van der Waals surface area (Å²) in [6.45, 7) is 3.45. The predicted molar refractivity (Wildman–Crippen MR) is 70.1 cm³/mol. The van der Waals surface area contributed by atoms with E-state index in [1.165, 1.54) is 12.8 Å². The maximum atomic E-state index is 11.9. The molecule has 1 atom stereocenters. The van der Waals surface area contributed by atoms with Crippen LogP contribution in [0.3, 0.4) is 0 Å². The molecule has 2 N–H and O–H groups in total. The zero-order valence-corrected chi connectivity index (χ0v) is 10.9. The summed E-state index contributed by atoms with van der Waals surface area (Å²) in [6.07, 6.45) is 8.43. The van der Waals surface area contributed by atoms with Crippen LogP contribution in [0, 0.1) is 0 Å². The minimum absolute atomic E-state index is 0.113. The summed E-state index contributed by atoms with van der Waals surface area (Å²) in [5.74, 6) is 0.113. The second-order valence-electron chi connectivity index (χ2n) is 4.93. The molecule has 0 spiro atoms. The molecule has 1 aromatic rings. The topological polar surface area (TPSA) is 59.0 Å². The zero-order valence-electron chi connectivity index (χ0n) is 10.9. The summed E-state index contributed by atoms with van der Waals surface area (Å²) >= 11 is 0. The Morgan fingerprint density at radius 3 is 2.94 bits per heavy atom. The summed E-state index contributed by atoms with van der Waals surface area (Å²) in [7, 11) is 0. The average Bonchev–Trinajstić information content (AvgIpc) is 3.01. The first-order valence-electron chi connectivity index (χ1n) is 6.77. The molecule has 0 aliphatic heterocycles. The standard InChI is InChI=1S/C13H22N4O/c1-11(13(18)16-12-5-2-3-6-12)14-8-10-17-9-4-7-15-17/h4,7,9,11-12,14H,2-3,5-6,8,10H2,1H3,(H,16,18). The number of carbonyl (C=O) groups is 1. The Balaban J connectivity index is 1.63. The SMILES string of the molecule is CC(NCCn1cccn1)C(=O)NC1CCCC1. The van der Waals surface area contributed by atoms with E-state index in [1.54, 1.807) is 6.20 Å². The van der Waals surface area contributed by atoms with E-state index in [1.807, 2.05) is 23.9 Å². The Labute approximate surface area is 108 Å². The molecule has 1 unspecified atom stereocenters. The van der Waals surface area contributed by atoms with E-state index >= 15 is 0 Å². The normalized spacial score (nSPS) is 17.8. The lowest BCUT2D eigenvalue weighted by Crippen LogP contribution is -2.46. The molecule has 0 radical (unpaired) electrons. The average molecular weight is 250 g/mol. The minimum atomic E-state index is -0.138. The van der Waals surface area contributed by atoms with Crippen molar-refractivity contribution in [3.8, 4) is 0 Å². The second-order valence-corrected chi connectivity index (χ2v) is 4.93. The highest BCUT2D eigenvalue weighted by atomic mass is 16.2. The van der Waals surface area contributed by atoms with Crippen LogP contribution in [0.1, 0.15) is 32.6 Å². The largest absolute Gasteiger partial charge is 0.352 e. The van der Waals surface area contributed by atoms with Crippen molar-refractivity contribution in [1.82, 2.24) is 20.4 Å². The quantitative estimate of drug-likeness (QED) is 0.789. The molecule has 1 saturated carbocycles. The molecule has 0 saturated heterocycles. The van der Waals surface area contributed by atoms with Crippen LogP contribution in [0.25, 0.3) is 0 Å². The van der Waals surface area contributed by atoms with Crippen molar-refractivity contribution in [1.29, 1.82) is 0 Å². The molecular formula is C13H22N4O. The van der Waals surface area contributed by atoms with Crippen molar-refractivity contribution >= 4 is 5.91 Å². The maximum absolute atomic E-state index is 11.9. The Kier molecular flexibility index (Phi) is 4.75. The number of hydrogen-bond acceptors (Lipinski definition) is 3. The first-order chi connectivity index (χ1) is 8.75. The number of nitrogens with one attached hydrogen (secondary N) is 2. The minimum Gasteiger partial charge on any atom is -0.352 e. The zero-order chi connectivity index (χ0) is 12.8. The molecule has 2 rings (SSSR count). The highest BCUT2D eigenvalue weighted by Crippen LogP contribution is 2.17. The molecule has 1 aliphatic carbocycles. The third-order valence-electron chi connectivity index (χ3n) is 3.45. The van der Waals surface area contributed by atoms with Crippen molar-refractivity contribution in [3.63, 3.8) is 0 Å². The molecule has 5 nitrogen and oxygen atoms in total. The van der Waals surface area contributed by atoms with E-state index in [0.29, 0.717) is 6.04 Å². The van der Waals surface area contributed by atoms with E-state index in [-0.39, 0.29) is 11.9 Å². The van der Waals surface area contributed by atoms with Crippen LogP contribution in [0.4, 0.5) is 0 Å². The first-order valence-corrected chi connectivity index (χ1v) is 6.77. The lowest BCUT2D eigenvalue weighted by molar-refractivity contribution is -0.123. The summed E-state index contributed by atoms with van der Waals surface area (Å²) in [5.41, 5.74) is 0. The third kappa shape index (κ3) is 3.84. The van der Waals surface area contributed by atoms with Crippen molar-refractivity contribution in [3.05, 3.63) is 18.5 Å².